The van der Waals surface area contributed by atoms with E-state index in [9.17, 15) is 0 Å². The van der Waals surface area contributed by atoms with Crippen molar-refractivity contribution in [3.8, 4) is 0 Å². The van der Waals surface area contributed by atoms with Gasteiger partial charge in [-0.05, 0) is 36.3 Å². The summed E-state index contributed by atoms with van der Waals surface area (Å²) in [5, 5.41) is 1.78. The number of hydrogen-bond acceptors (Lipinski definition) is 3. The molecule has 1 fully saturated rings. The molecule has 3 heterocycles. The van der Waals surface area contributed by atoms with E-state index in [4.69, 9.17) is 28.2 Å². The van der Waals surface area contributed by atoms with Crippen LogP contribution in [0.3, 0.4) is 0 Å². The van der Waals surface area contributed by atoms with Crippen molar-refractivity contribution < 1.29 is 0 Å². The van der Waals surface area contributed by atoms with Crippen LogP contribution in [0.2, 0.25) is 10.0 Å². The highest BCUT2D eigenvalue weighted by atomic mass is 35.5. The highest BCUT2D eigenvalue weighted by molar-refractivity contribution is 8.03. The Balaban J connectivity index is 1.82. The number of benzene rings is 1. The van der Waals surface area contributed by atoms with Crippen LogP contribution in [0.15, 0.2) is 33.8 Å². The summed E-state index contributed by atoms with van der Waals surface area (Å²) in [6.45, 7) is 0. The Morgan fingerprint density at radius 3 is 2.85 bits per heavy atom. The van der Waals surface area contributed by atoms with Gasteiger partial charge in [0, 0.05) is 22.3 Å². The SMILES string of the molecule is Clc1ccc(C2C3=C(CCS3)N=C3CCSC32)cc1Cl. The third-order valence-corrected chi connectivity index (χ3v) is 7.32. The first-order valence-corrected chi connectivity index (χ1v) is 9.53. The summed E-state index contributed by atoms with van der Waals surface area (Å²) in [6, 6.07) is 6.09. The van der Waals surface area contributed by atoms with Crippen molar-refractivity contribution in [2.45, 2.75) is 24.0 Å². The minimum atomic E-state index is 0.423. The average molecular weight is 342 g/mol. The molecule has 0 bridgehead atoms. The zero-order chi connectivity index (χ0) is 13.7. The van der Waals surface area contributed by atoms with Crippen LogP contribution in [0.5, 0.6) is 0 Å². The van der Waals surface area contributed by atoms with Crippen molar-refractivity contribution in [3.63, 3.8) is 0 Å². The second-order valence-corrected chi connectivity index (χ2v) is 8.41. The van der Waals surface area contributed by atoms with Gasteiger partial charge < -0.3 is 0 Å². The van der Waals surface area contributed by atoms with Gasteiger partial charge in [-0.15, -0.1) is 11.8 Å². The van der Waals surface area contributed by atoms with E-state index in [1.165, 1.54) is 27.6 Å². The van der Waals surface area contributed by atoms with Crippen molar-refractivity contribution in [2.75, 3.05) is 11.5 Å². The summed E-state index contributed by atoms with van der Waals surface area (Å²) < 4.78 is 0. The van der Waals surface area contributed by atoms with Gasteiger partial charge in [-0.3, -0.25) is 4.99 Å². The topological polar surface area (TPSA) is 12.4 Å². The first kappa shape index (κ1) is 13.6. The largest absolute Gasteiger partial charge is 0.260 e. The Morgan fingerprint density at radius 1 is 1.10 bits per heavy atom. The van der Waals surface area contributed by atoms with E-state index in [2.05, 4.69) is 6.07 Å². The number of fused-ring (bicyclic) bond motifs is 1. The van der Waals surface area contributed by atoms with E-state index >= 15 is 0 Å². The number of thioether (sulfide) groups is 2. The van der Waals surface area contributed by atoms with Crippen LogP contribution in [0.1, 0.15) is 24.3 Å². The first-order chi connectivity index (χ1) is 9.74. The van der Waals surface area contributed by atoms with Gasteiger partial charge in [0.25, 0.3) is 0 Å². The molecule has 4 rings (SSSR count). The monoisotopic (exact) mass is 341 g/mol. The highest BCUT2D eigenvalue weighted by Crippen LogP contribution is 2.52. The summed E-state index contributed by atoms with van der Waals surface area (Å²) >= 11 is 16.3. The van der Waals surface area contributed by atoms with E-state index in [1.54, 1.807) is 0 Å². The summed E-state index contributed by atoms with van der Waals surface area (Å²) in [6.07, 6.45) is 2.24. The van der Waals surface area contributed by atoms with Crippen LogP contribution in [-0.2, 0) is 0 Å². The quantitative estimate of drug-likeness (QED) is 0.679. The van der Waals surface area contributed by atoms with Crippen LogP contribution >= 0.6 is 46.7 Å². The molecule has 2 atom stereocenters. The maximum atomic E-state index is 6.23. The zero-order valence-corrected chi connectivity index (χ0v) is 13.9. The molecule has 2 unspecified atom stereocenters. The van der Waals surface area contributed by atoms with E-state index < -0.39 is 0 Å². The molecular formula is C15H13Cl2NS2. The molecule has 3 aliphatic heterocycles. The van der Waals surface area contributed by atoms with Gasteiger partial charge in [-0.1, -0.05) is 29.3 Å². The Hall–Kier alpha value is -0.0900. The van der Waals surface area contributed by atoms with Crippen molar-refractivity contribution in [1.29, 1.82) is 0 Å². The van der Waals surface area contributed by atoms with Gasteiger partial charge in [-0.2, -0.15) is 11.8 Å². The van der Waals surface area contributed by atoms with Crippen LogP contribution < -0.4 is 0 Å². The van der Waals surface area contributed by atoms with Gasteiger partial charge in [0.2, 0.25) is 0 Å². The summed E-state index contributed by atoms with van der Waals surface area (Å²) in [4.78, 5) is 6.38. The fraction of sp³-hybridized carbons (Fsp3) is 0.400. The molecule has 0 aromatic heterocycles. The Morgan fingerprint density at radius 2 is 2.00 bits per heavy atom. The third-order valence-electron chi connectivity index (χ3n) is 4.03. The van der Waals surface area contributed by atoms with E-state index in [0.717, 1.165) is 18.6 Å². The van der Waals surface area contributed by atoms with E-state index in [-0.39, 0.29) is 0 Å². The average Bonchev–Trinajstić information content (AvgIpc) is 3.07. The van der Waals surface area contributed by atoms with Crippen molar-refractivity contribution >= 4 is 52.4 Å². The molecule has 20 heavy (non-hydrogen) atoms. The van der Waals surface area contributed by atoms with Gasteiger partial charge in [0.1, 0.15) is 0 Å². The number of nitrogens with zero attached hydrogens (tertiary/aromatic N) is 1. The molecule has 0 radical (unpaired) electrons. The van der Waals surface area contributed by atoms with Crippen LogP contribution in [-0.4, -0.2) is 22.5 Å². The molecule has 1 aromatic carbocycles. The first-order valence-electron chi connectivity index (χ1n) is 6.74. The number of allylic oxidation sites excluding steroid dienone is 2. The molecule has 0 amide bonds. The number of aliphatic imine (C=N–C) groups is 1. The predicted molar refractivity (Wildman–Crippen MR) is 91.6 cm³/mol. The van der Waals surface area contributed by atoms with E-state index in [1.807, 2.05) is 35.7 Å². The number of rotatable bonds is 1. The van der Waals surface area contributed by atoms with E-state index in [0.29, 0.717) is 21.2 Å². The second kappa shape index (κ2) is 5.28. The third kappa shape index (κ3) is 2.14. The van der Waals surface area contributed by atoms with Gasteiger partial charge in [0.05, 0.1) is 21.0 Å². The molecule has 1 nitrogen and oxygen atoms in total. The highest BCUT2D eigenvalue weighted by Gasteiger charge is 2.40. The molecule has 104 valence electrons. The van der Waals surface area contributed by atoms with Crippen molar-refractivity contribution in [3.05, 3.63) is 44.4 Å². The number of hydrogen-bond donors (Lipinski definition) is 0. The lowest BCUT2D eigenvalue weighted by molar-refractivity contribution is 0.850. The maximum absolute atomic E-state index is 6.23. The molecule has 5 heteroatoms. The van der Waals surface area contributed by atoms with Crippen LogP contribution in [0.25, 0.3) is 0 Å². The molecule has 0 spiro atoms. The van der Waals surface area contributed by atoms with Crippen molar-refractivity contribution in [1.82, 2.24) is 0 Å². The lowest BCUT2D eigenvalue weighted by Gasteiger charge is -2.29. The van der Waals surface area contributed by atoms with Gasteiger partial charge >= 0.3 is 0 Å². The second-order valence-electron chi connectivity index (χ2n) is 5.21. The Labute approximate surface area is 137 Å². The standard InChI is InChI=1S/C15H13Cl2NS2/c16-9-2-1-8(7-10(9)17)13-14-11(3-5-19-14)18-12-4-6-20-15(12)13/h1-2,7,13-14H,3-6H2. The summed E-state index contributed by atoms with van der Waals surface area (Å²) in [5.41, 5.74) is 3.99. The van der Waals surface area contributed by atoms with Gasteiger partial charge in [0.15, 0.2) is 0 Å². The predicted octanol–water partition coefficient (Wildman–Crippen LogP) is 5.39. The fourth-order valence-corrected chi connectivity index (χ4v) is 6.23. The molecule has 1 saturated heterocycles. The fourth-order valence-electron chi connectivity index (χ4n) is 3.12. The molecule has 3 aliphatic rings. The van der Waals surface area contributed by atoms with Crippen LogP contribution in [0, 0.1) is 0 Å². The molecular weight excluding hydrogens is 329 g/mol. The lowest BCUT2D eigenvalue weighted by atomic mass is 9.88. The van der Waals surface area contributed by atoms with Crippen molar-refractivity contribution in [2.24, 2.45) is 4.99 Å². The zero-order valence-electron chi connectivity index (χ0n) is 10.7. The lowest BCUT2D eigenvalue weighted by Crippen LogP contribution is -2.25. The summed E-state index contributed by atoms with van der Waals surface area (Å²) in [7, 11) is 0. The molecule has 0 N–H and O–H groups in total. The smallest absolute Gasteiger partial charge is 0.0595 e. The molecule has 0 aliphatic carbocycles. The van der Waals surface area contributed by atoms with Gasteiger partial charge in [-0.25, -0.2) is 0 Å². The Kier molecular flexibility index (Phi) is 3.58. The summed E-state index contributed by atoms with van der Waals surface area (Å²) in [5.74, 6) is 2.77. The number of halogens is 2. The molecule has 0 saturated carbocycles. The maximum Gasteiger partial charge on any atom is 0.0595 e. The normalized spacial score (nSPS) is 28.4. The minimum Gasteiger partial charge on any atom is -0.260 e. The minimum absolute atomic E-state index is 0.423. The molecule has 1 aromatic rings. The Bertz CT molecular complexity index is 639. The van der Waals surface area contributed by atoms with Crippen LogP contribution in [0.4, 0.5) is 0 Å².